The first-order chi connectivity index (χ1) is 13.6. The van der Waals surface area contributed by atoms with Gasteiger partial charge in [-0.2, -0.15) is 0 Å². The molecular formula is C22H29N5O. The second-order valence-electron chi connectivity index (χ2n) is 7.92. The van der Waals surface area contributed by atoms with Crippen molar-refractivity contribution in [1.29, 1.82) is 0 Å². The molecule has 1 aromatic carbocycles. The van der Waals surface area contributed by atoms with Crippen molar-refractivity contribution in [1.82, 2.24) is 19.8 Å². The van der Waals surface area contributed by atoms with Crippen LogP contribution in [0.25, 0.3) is 0 Å². The van der Waals surface area contributed by atoms with Crippen molar-refractivity contribution in [2.24, 2.45) is 0 Å². The number of benzene rings is 1. The van der Waals surface area contributed by atoms with Crippen LogP contribution in [-0.2, 0) is 19.4 Å². The lowest BCUT2D eigenvalue weighted by molar-refractivity contribution is 0.0779. The standard InChI is InChI=1S/C22H29N5O/c1-23-21-14-24-20(13-25-21)22(28)26(2)15-16-6-7-17-8-10-27(19-4-3-5-19)11-9-18(17)12-16/h6-7,12-14,19H,3-5,8-11,15H2,1-2H3,(H,23,25). The van der Waals surface area contributed by atoms with Gasteiger partial charge in [-0.1, -0.05) is 24.6 Å². The molecule has 2 aromatic rings. The third-order valence-corrected chi connectivity index (χ3v) is 6.09. The van der Waals surface area contributed by atoms with E-state index >= 15 is 0 Å². The summed E-state index contributed by atoms with van der Waals surface area (Å²) in [6.07, 6.45) is 9.47. The number of hydrogen-bond donors (Lipinski definition) is 1. The highest BCUT2D eigenvalue weighted by molar-refractivity contribution is 5.91. The number of rotatable bonds is 5. The summed E-state index contributed by atoms with van der Waals surface area (Å²) in [5.74, 6) is 0.544. The van der Waals surface area contributed by atoms with Gasteiger partial charge in [0.25, 0.3) is 5.91 Å². The molecule has 148 valence electrons. The summed E-state index contributed by atoms with van der Waals surface area (Å²) in [4.78, 5) is 25.4. The monoisotopic (exact) mass is 379 g/mol. The summed E-state index contributed by atoms with van der Waals surface area (Å²) in [6.45, 7) is 2.91. The van der Waals surface area contributed by atoms with Crippen molar-refractivity contribution in [2.75, 3.05) is 32.5 Å². The molecule has 2 heterocycles. The fourth-order valence-corrected chi connectivity index (χ4v) is 4.12. The second-order valence-corrected chi connectivity index (χ2v) is 7.92. The Balaban J connectivity index is 1.41. The van der Waals surface area contributed by atoms with E-state index in [4.69, 9.17) is 0 Å². The lowest BCUT2D eigenvalue weighted by Crippen LogP contribution is -2.41. The summed E-state index contributed by atoms with van der Waals surface area (Å²) in [6, 6.07) is 7.53. The van der Waals surface area contributed by atoms with Crippen LogP contribution in [0.1, 0.15) is 46.4 Å². The Morgan fingerprint density at radius 2 is 1.96 bits per heavy atom. The van der Waals surface area contributed by atoms with Gasteiger partial charge in [0.1, 0.15) is 11.5 Å². The summed E-state index contributed by atoms with van der Waals surface area (Å²) < 4.78 is 0. The molecule has 0 unspecified atom stereocenters. The Morgan fingerprint density at radius 3 is 2.61 bits per heavy atom. The Bertz CT molecular complexity index is 831. The van der Waals surface area contributed by atoms with Gasteiger partial charge in [0, 0.05) is 39.8 Å². The van der Waals surface area contributed by atoms with Gasteiger partial charge >= 0.3 is 0 Å². The van der Waals surface area contributed by atoms with Crippen LogP contribution in [0, 0.1) is 0 Å². The van der Waals surface area contributed by atoms with Gasteiger partial charge in [-0.3, -0.25) is 9.69 Å². The average Bonchev–Trinajstić information content (AvgIpc) is 2.88. The molecule has 2 aliphatic rings. The summed E-state index contributed by atoms with van der Waals surface area (Å²) in [7, 11) is 3.60. The van der Waals surface area contributed by atoms with Crippen LogP contribution in [0.4, 0.5) is 5.82 Å². The van der Waals surface area contributed by atoms with E-state index in [2.05, 4.69) is 38.4 Å². The number of carbonyl (C=O) groups excluding carboxylic acids is 1. The molecule has 1 aliphatic heterocycles. The highest BCUT2D eigenvalue weighted by Gasteiger charge is 2.26. The average molecular weight is 380 g/mol. The molecule has 1 saturated carbocycles. The molecule has 6 nitrogen and oxygen atoms in total. The van der Waals surface area contributed by atoms with Crippen LogP contribution < -0.4 is 5.32 Å². The van der Waals surface area contributed by atoms with Crippen molar-refractivity contribution >= 4 is 11.7 Å². The number of fused-ring (bicyclic) bond motifs is 1. The van der Waals surface area contributed by atoms with Crippen LogP contribution >= 0.6 is 0 Å². The van der Waals surface area contributed by atoms with Crippen molar-refractivity contribution in [3.63, 3.8) is 0 Å². The van der Waals surface area contributed by atoms with Gasteiger partial charge in [-0.15, -0.1) is 0 Å². The lowest BCUT2D eigenvalue weighted by atomic mass is 9.91. The summed E-state index contributed by atoms with van der Waals surface area (Å²) >= 11 is 0. The van der Waals surface area contributed by atoms with Gasteiger partial charge in [0.05, 0.1) is 12.4 Å². The number of amides is 1. The van der Waals surface area contributed by atoms with E-state index in [1.165, 1.54) is 48.7 Å². The molecule has 1 N–H and O–H groups in total. The lowest BCUT2D eigenvalue weighted by Gasteiger charge is -2.36. The van der Waals surface area contributed by atoms with Crippen molar-refractivity contribution in [3.05, 3.63) is 53.0 Å². The molecule has 1 aromatic heterocycles. The molecule has 1 amide bonds. The summed E-state index contributed by atoms with van der Waals surface area (Å²) in [5.41, 5.74) is 4.45. The first kappa shape index (κ1) is 18.9. The van der Waals surface area contributed by atoms with E-state index in [-0.39, 0.29) is 5.91 Å². The quantitative estimate of drug-likeness (QED) is 0.866. The number of hydrogen-bond acceptors (Lipinski definition) is 5. The van der Waals surface area contributed by atoms with Crippen LogP contribution in [0.2, 0.25) is 0 Å². The third kappa shape index (κ3) is 4.02. The maximum Gasteiger partial charge on any atom is 0.274 e. The number of nitrogens with zero attached hydrogens (tertiary/aromatic N) is 4. The largest absolute Gasteiger partial charge is 0.372 e. The van der Waals surface area contributed by atoms with Crippen LogP contribution in [0.5, 0.6) is 0 Å². The van der Waals surface area contributed by atoms with Gasteiger partial charge in [-0.25, -0.2) is 9.97 Å². The molecule has 1 aliphatic carbocycles. The third-order valence-electron chi connectivity index (χ3n) is 6.09. The zero-order valence-corrected chi connectivity index (χ0v) is 16.8. The van der Waals surface area contributed by atoms with E-state index in [0.29, 0.717) is 18.1 Å². The fourth-order valence-electron chi connectivity index (χ4n) is 4.12. The minimum Gasteiger partial charge on any atom is -0.372 e. The minimum atomic E-state index is -0.110. The predicted molar refractivity (Wildman–Crippen MR) is 110 cm³/mol. The predicted octanol–water partition coefficient (Wildman–Crippen LogP) is 2.74. The summed E-state index contributed by atoms with van der Waals surface area (Å²) in [5, 5.41) is 2.91. The smallest absolute Gasteiger partial charge is 0.274 e. The normalized spacial score (nSPS) is 17.4. The Kier molecular flexibility index (Phi) is 5.57. The first-order valence-corrected chi connectivity index (χ1v) is 10.2. The van der Waals surface area contributed by atoms with E-state index in [0.717, 1.165) is 25.4 Å². The van der Waals surface area contributed by atoms with Gasteiger partial charge in [0.2, 0.25) is 0 Å². The molecule has 0 saturated heterocycles. The molecule has 0 radical (unpaired) electrons. The van der Waals surface area contributed by atoms with Crippen LogP contribution in [0.3, 0.4) is 0 Å². The van der Waals surface area contributed by atoms with Crippen LogP contribution in [0.15, 0.2) is 30.6 Å². The molecule has 0 bridgehead atoms. The molecule has 6 heteroatoms. The van der Waals surface area contributed by atoms with E-state index in [1.54, 1.807) is 18.1 Å². The molecule has 28 heavy (non-hydrogen) atoms. The van der Waals surface area contributed by atoms with Gasteiger partial charge in [-0.05, 0) is 42.4 Å². The molecule has 0 atom stereocenters. The van der Waals surface area contributed by atoms with E-state index in [9.17, 15) is 4.79 Å². The van der Waals surface area contributed by atoms with E-state index < -0.39 is 0 Å². The highest BCUT2D eigenvalue weighted by Crippen LogP contribution is 2.27. The van der Waals surface area contributed by atoms with Gasteiger partial charge in [0.15, 0.2) is 0 Å². The Hall–Kier alpha value is -2.47. The van der Waals surface area contributed by atoms with Crippen molar-refractivity contribution in [2.45, 2.75) is 44.7 Å². The second kappa shape index (κ2) is 8.27. The first-order valence-electron chi connectivity index (χ1n) is 10.2. The topological polar surface area (TPSA) is 61.4 Å². The molecule has 0 spiro atoms. The van der Waals surface area contributed by atoms with E-state index in [1.807, 2.05) is 7.05 Å². The Morgan fingerprint density at radius 1 is 1.18 bits per heavy atom. The number of anilines is 1. The SMILES string of the molecule is CNc1cnc(C(=O)N(C)Cc2ccc3c(c2)CCN(C2CCC2)CC3)cn1. The number of aromatic nitrogens is 2. The Labute approximate surface area is 167 Å². The highest BCUT2D eigenvalue weighted by atomic mass is 16.2. The maximum absolute atomic E-state index is 12.6. The zero-order valence-electron chi connectivity index (χ0n) is 16.8. The molecule has 4 rings (SSSR count). The molecular weight excluding hydrogens is 350 g/mol. The van der Waals surface area contributed by atoms with Crippen molar-refractivity contribution in [3.8, 4) is 0 Å². The number of nitrogens with one attached hydrogen (secondary N) is 1. The minimum absolute atomic E-state index is 0.110. The molecule has 1 fully saturated rings. The zero-order chi connectivity index (χ0) is 19.5. The van der Waals surface area contributed by atoms with Gasteiger partial charge < -0.3 is 10.2 Å². The number of carbonyl (C=O) groups is 1. The maximum atomic E-state index is 12.6. The fraction of sp³-hybridized carbons (Fsp3) is 0.500. The van der Waals surface area contributed by atoms with Crippen molar-refractivity contribution < 1.29 is 4.79 Å². The van der Waals surface area contributed by atoms with Crippen LogP contribution in [-0.4, -0.2) is 58.9 Å².